The fraction of sp³-hybridized carbons (Fsp3) is 0.500. The molecule has 3 N–H and O–H groups in total. The number of aryl methyl sites for hydroxylation is 1. The summed E-state index contributed by atoms with van der Waals surface area (Å²) in [5.41, 5.74) is 0. The number of carbonyl (C=O) groups excluding carboxylic acids is 1. The Kier molecular flexibility index (Phi) is 3.75. The molecular formula is C12H16N2O5. The minimum absolute atomic E-state index is 0.0278. The number of aliphatic carboxylic acids is 1. The Morgan fingerprint density at radius 3 is 2.84 bits per heavy atom. The topological polar surface area (TPSA) is 103 Å². The molecule has 0 saturated carbocycles. The van der Waals surface area contributed by atoms with Crippen LogP contribution in [0.25, 0.3) is 0 Å². The van der Waals surface area contributed by atoms with Gasteiger partial charge in [0.1, 0.15) is 17.6 Å². The van der Waals surface area contributed by atoms with E-state index in [0.29, 0.717) is 5.76 Å². The van der Waals surface area contributed by atoms with Crippen LogP contribution < -0.4 is 5.32 Å². The molecule has 104 valence electrons. The summed E-state index contributed by atoms with van der Waals surface area (Å²) in [6, 6.07) is 2.02. The van der Waals surface area contributed by atoms with Gasteiger partial charge in [0.25, 0.3) is 0 Å². The number of carbonyl (C=O) groups is 2. The third-order valence-electron chi connectivity index (χ3n) is 3.03. The highest BCUT2D eigenvalue weighted by Gasteiger charge is 2.38. The maximum Gasteiger partial charge on any atom is 0.326 e. The first-order valence-electron chi connectivity index (χ1n) is 5.98. The van der Waals surface area contributed by atoms with Gasteiger partial charge in [-0.15, -0.1) is 0 Å². The summed E-state index contributed by atoms with van der Waals surface area (Å²) in [5.74, 6) is 0.224. The number of amides is 2. The second-order valence-electron chi connectivity index (χ2n) is 4.57. The molecule has 1 aliphatic rings. The number of β-amino-alcohol motifs (C(OH)–C–C–N with tert-alkyl or cyclic N) is 1. The predicted octanol–water partition coefficient (Wildman–Crippen LogP) is 0.317. The molecule has 7 heteroatoms. The molecule has 2 amide bonds. The second-order valence-corrected chi connectivity index (χ2v) is 4.57. The van der Waals surface area contributed by atoms with Crippen molar-refractivity contribution < 1.29 is 24.2 Å². The van der Waals surface area contributed by atoms with E-state index in [-0.39, 0.29) is 19.5 Å². The number of nitrogens with one attached hydrogen (secondary N) is 1. The monoisotopic (exact) mass is 268 g/mol. The Balaban J connectivity index is 1.93. The van der Waals surface area contributed by atoms with E-state index in [1.165, 1.54) is 0 Å². The summed E-state index contributed by atoms with van der Waals surface area (Å²) in [4.78, 5) is 24.0. The molecule has 2 rings (SSSR count). The zero-order valence-corrected chi connectivity index (χ0v) is 10.5. The lowest BCUT2D eigenvalue weighted by Crippen LogP contribution is -2.45. The van der Waals surface area contributed by atoms with Gasteiger partial charge in [0.2, 0.25) is 0 Å². The quantitative estimate of drug-likeness (QED) is 0.732. The first-order chi connectivity index (χ1) is 8.97. The van der Waals surface area contributed by atoms with Gasteiger partial charge in [-0.25, -0.2) is 9.59 Å². The number of rotatable bonds is 3. The van der Waals surface area contributed by atoms with Gasteiger partial charge in [0.15, 0.2) is 0 Å². The minimum atomic E-state index is -1.11. The smallest absolute Gasteiger partial charge is 0.326 e. The van der Waals surface area contributed by atoms with Gasteiger partial charge in [-0.05, 0) is 19.1 Å². The molecule has 0 spiro atoms. The molecule has 2 unspecified atom stereocenters. The summed E-state index contributed by atoms with van der Waals surface area (Å²) >= 11 is 0. The number of nitrogens with zero attached hydrogens (tertiary/aromatic N) is 1. The third-order valence-corrected chi connectivity index (χ3v) is 3.03. The highest BCUT2D eigenvalue weighted by atomic mass is 16.4. The number of urea groups is 1. The number of carboxylic acid groups (broad SMARTS) is 1. The summed E-state index contributed by atoms with van der Waals surface area (Å²) in [6.45, 7) is 2.01. The maximum atomic E-state index is 11.9. The summed E-state index contributed by atoms with van der Waals surface area (Å²) in [7, 11) is 0. The van der Waals surface area contributed by atoms with E-state index in [1.807, 2.05) is 0 Å². The van der Waals surface area contributed by atoms with Crippen LogP contribution in [-0.2, 0) is 11.3 Å². The highest BCUT2D eigenvalue weighted by molar-refractivity contribution is 5.83. The highest BCUT2D eigenvalue weighted by Crippen LogP contribution is 2.18. The lowest BCUT2D eigenvalue weighted by molar-refractivity contribution is -0.141. The van der Waals surface area contributed by atoms with Crippen LogP contribution in [0.5, 0.6) is 0 Å². The van der Waals surface area contributed by atoms with Crippen molar-refractivity contribution in [2.45, 2.75) is 32.0 Å². The van der Waals surface area contributed by atoms with E-state index in [0.717, 1.165) is 10.7 Å². The van der Waals surface area contributed by atoms with E-state index >= 15 is 0 Å². The summed E-state index contributed by atoms with van der Waals surface area (Å²) in [6.07, 6.45) is -0.736. The number of aliphatic hydroxyl groups excluding tert-OH is 1. The molecule has 2 atom stereocenters. The first kappa shape index (κ1) is 13.4. The van der Waals surface area contributed by atoms with E-state index in [4.69, 9.17) is 9.52 Å². The fourth-order valence-corrected chi connectivity index (χ4v) is 2.12. The van der Waals surface area contributed by atoms with Crippen molar-refractivity contribution in [3.63, 3.8) is 0 Å². The number of furan rings is 1. The molecule has 0 radical (unpaired) electrons. The average molecular weight is 268 g/mol. The average Bonchev–Trinajstić information content (AvgIpc) is 2.92. The van der Waals surface area contributed by atoms with Crippen molar-refractivity contribution >= 4 is 12.0 Å². The van der Waals surface area contributed by atoms with E-state index in [1.54, 1.807) is 19.1 Å². The second kappa shape index (κ2) is 5.31. The number of hydrogen-bond acceptors (Lipinski definition) is 4. The Labute approximate surface area is 109 Å². The van der Waals surface area contributed by atoms with Crippen LogP contribution in [0.1, 0.15) is 17.9 Å². The van der Waals surface area contributed by atoms with Crippen LogP contribution in [0.15, 0.2) is 16.5 Å². The Morgan fingerprint density at radius 2 is 2.26 bits per heavy atom. The zero-order chi connectivity index (χ0) is 14.0. The maximum absolute atomic E-state index is 11.9. The molecule has 1 aromatic heterocycles. The number of hydrogen-bond donors (Lipinski definition) is 3. The van der Waals surface area contributed by atoms with Gasteiger partial charge in [0.05, 0.1) is 12.6 Å². The van der Waals surface area contributed by atoms with Gasteiger partial charge in [0, 0.05) is 13.0 Å². The third kappa shape index (κ3) is 3.05. The molecular weight excluding hydrogens is 252 g/mol. The van der Waals surface area contributed by atoms with Gasteiger partial charge in [-0.1, -0.05) is 0 Å². The van der Waals surface area contributed by atoms with Crippen LogP contribution in [0.2, 0.25) is 0 Å². The predicted molar refractivity (Wildman–Crippen MR) is 64.4 cm³/mol. The standard InChI is InChI=1S/C12H16N2O5/c1-7-2-3-9(19-7)5-13-12(18)14-6-8(15)4-10(14)11(16)17/h2-3,8,10,15H,4-6H2,1H3,(H,13,18)(H,16,17). The van der Waals surface area contributed by atoms with Crippen LogP contribution >= 0.6 is 0 Å². The van der Waals surface area contributed by atoms with E-state index in [2.05, 4.69) is 5.32 Å². The van der Waals surface area contributed by atoms with Gasteiger partial charge in [-0.3, -0.25) is 0 Å². The first-order valence-corrected chi connectivity index (χ1v) is 5.98. The molecule has 0 bridgehead atoms. The molecule has 1 saturated heterocycles. The minimum Gasteiger partial charge on any atom is -0.480 e. The van der Waals surface area contributed by atoms with Crippen molar-refractivity contribution in [3.8, 4) is 0 Å². The Morgan fingerprint density at radius 1 is 1.53 bits per heavy atom. The lowest BCUT2D eigenvalue weighted by Gasteiger charge is -2.21. The number of carboxylic acids is 1. The van der Waals surface area contributed by atoms with Gasteiger partial charge >= 0.3 is 12.0 Å². The largest absolute Gasteiger partial charge is 0.480 e. The molecule has 2 heterocycles. The summed E-state index contributed by atoms with van der Waals surface area (Å²) in [5, 5.41) is 21.0. The normalized spacial score (nSPS) is 22.5. The van der Waals surface area contributed by atoms with Crippen molar-refractivity contribution in [1.29, 1.82) is 0 Å². The van der Waals surface area contributed by atoms with Crippen molar-refractivity contribution in [1.82, 2.24) is 10.2 Å². The van der Waals surface area contributed by atoms with Crippen molar-refractivity contribution in [2.75, 3.05) is 6.54 Å². The summed E-state index contributed by atoms with van der Waals surface area (Å²) < 4.78 is 5.29. The van der Waals surface area contributed by atoms with Crippen LogP contribution in [0.4, 0.5) is 4.79 Å². The molecule has 1 fully saturated rings. The SMILES string of the molecule is Cc1ccc(CNC(=O)N2CC(O)CC2C(=O)O)o1. The van der Waals surface area contributed by atoms with Crippen LogP contribution in [0.3, 0.4) is 0 Å². The Hall–Kier alpha value is -2.02. The van der Waals surface area contributed by atoms with Crippen molar-refractivity contribution in [3.05, 3.63) is 23.7 Å². The van der Waals surface area contributed by atoms with Gasteiger partial charge in [-0.2, -0.15) is 0 Å². The van der Waals surface area contributed by atoms with E-state index < -0.39 is 24.1 Å². The van der Waals surface area contributed by atoms with Gasteiger partial charge < -0.3 is 24.8 Å². The molecule has 1 aliphatic heterocycles. The molecule has 19 heavy (non-hydrogen) atoms. The zero-order valence-electron chi connectivity index (χ0n) is 10.5. The van der Waals surface area contributed by atoms with Crippen LogP contribution in [-0.4, -0.2) is 45.8 Å². The number of aliphatic hydroxyl groups is 1. The lowest BCUT2D eigenvalue weighted by atomic mass is 10.2. The molecule has 0 aliphatic carbocycles. The van der Waals surface area contributed by atoms with Crippen molar-refractivity contribution in [2.24, 2.45) is 0 Å². The van der Waals surface area contributed by atoms with E-state index in [9.17, 15) is 14.7 Å². The van der Waals surface area contributed by atoms with Crippen LogP contribution in [0, 0.1) is 6.92 Å². The molecule has 1 aromatic rings. The molecule has 7 nitrogen and oxygen atoms in total. The molecule has 0 aromatic carbocycles. The fourth-order valence-electron chi connectivity index (χ4n) is 2.12. The number of likely N-dealkylation sites (tertiary alicyclic amines) is 1. The Bertz CT molecular complexity index is 484.